The fraction of sp³-hybridized carbons (Fsp3) is 0.294. The zero-order valence-electron chi connectivity index (χ0n) is 13.6. The van der Waals surface area contributed by atoms with E-state index in [4.69, 9.17) is 11.0 Å². The number of likely N-dealkylation sites (N-methyl/N-ethyl adjacent to an activating group) is 1. The van der Waals surface area contributed by atoms with Crippen LogP contribution in [0.5, 0.6) is 0 Å². The van der Waals surface area contributed by atoms with E-state index in [2.05, 4.69) is 9.97 Å². The standard InChI is InChI=1S/C17H19N5OS/c1-3-22(4-2)16(23)14(12-8-6-5-7-9-12)24-17-20-11-13(10-18)15(19)21-17/h5-9,11,14H,3-4H2,1-2H3,(H2,19,20,21)/t14-/m1/s1. The molecule has 0 saturated heterocycles. The summed E-state index contributed by atoms with van der Waals surface area (Å²) in [5.74, 6) is 0.125. The minimum absolute atomic E-state index is 0.00253. The molecule has 1 atom stereocenters. The van der Waals surface area contributed by atoms with E-state index in [1.54, 1.807) is 4.90 Å². The van der Waals surface area contributed by atoms with E-state index in [1.807, 2.05) is 50.2 Å². The second-order valence-corrected chi connectivity index (χ2v) is 6.05. The minimum Gasteiger partial charge on any atom is -0.382 e. The van der Waals surface area contributed by atoms with Gasteiger partial charge in [-0.15, -0.1) is 0 Å². The summed E-state index contributed by atoms with van der Waals surface area (Å²) in [6, 6.07) is 11.4. The molecule has 1 aromatic carbocycles. The number of carbonyl (C=O) groups excluding carboxylic acids is 1. The number of amides is 1. The average molecular weight is 341 g/mol. The molecule has 1 aromatic heterocycles. The molecule has 1 heterocycles. The van der Waals surface area contributed by atoms with Crippen molar-refractivity contribution in [3.8, 4) is 6.07 Å². The van der Waals surface area contributed by atoms with E-state index in [-0.39, 0.29) is 17.3 Å². The van der Waals surface area contributed by atoms with Gasteiger partial charge in [-0.3, -0.25) is 4.79 Å². The zero-order valence-corrected chi connectivity index (χ0v) is 14.5. The summed E-state index contributed by atoms with van der Waals surface area (Å²) in [4.78, 5) is 22.9. The average Bonchev–Trinajstić information content (AvgIpc) is 2.61. The molecule has 2 N–H and O–H groups in total. The van der Waals surface area contributed by atoms with E-state index in [0.29, 0.717) is 18.2 Å². The molecule has 2 rings (SSSR count). The summed E-state index contributed by atoms with van der Waals surface area (Å²) in [6.45, 7) is 5.17. The van der Waals surface area contributed by atoms with E-state index in [1.165, 1.54) is 18.0 Å². The largest absolute Gasteiger partial charge is 0.382 e. The molecule has 0 unspecified atom stereocenters. The van der Waals surface area contributed by atoms with Crippen LogP contribution in [0.25, 0.3) is 0 Å². The van der Waals surface area contributed by atoms with Crippen LogP contribution in [0.3, 0.4) is 0 Å². The van der Waals surface area contributed by atoms with Gasteiger partial charge in [-0.1, -0.05) is 42.1 Å². The Labute approximate surface area is 145 Å². The van der Waals surface area contributed by atoms with Crippen molar-refractivity contribution in [1.29, 1.82) is 5.26 Å². The third-order valence-corrected chi connectivity index (χ3v) is 4.66. The van der Waals surface area contributed by atoms with Gasteiger partial charge in [0.25, 0.3) is 0 Å². The van der Waals surface area contributed by atoms with Gasteiger partial charge in [0.15, 0.2) is 5.16 Å². The van der Waals surface area contributed by atoms with E-state index >= 15 is 0 Å². The van der Waals surface area contributed by atoms with Gasteiger partial charge in [0.05, 0.1) is 6.20 Å². The third-order valence-electron chi connectivity index (χ3n) is 3.54. The lowest BCUT2D eigenvalue weighted by Gasteiger charge is -2.24. The molecule has 7 heteroatoms. The smallest absolute Gasteiger partial charge is 0.240 e. The monoisotopic (exact) mass is 341 g/mol. The van der Waals surface area contributed by atoms with Gasteiger partial charge in [-0.2, -0.15) is 5.26 Å². The Bertz CT molecular complexity index is 740. The highest BCUT2D eigenvalue weighted by atomic mass is 32.2. The van der Waals surface area contributed by atoms with Crippen molar-refractivity contribution in [2.75, 3.05) is 18.8 Å². The number of anilines is 1. The minimum atomic E-state index is -0.460. The molecule has 0 radical (unpaired) electrons. The fourth-order valence-electron chi connectivity index (χ4n) is 2.22. The highest BCUT2D eigenvalue weighted by Crippen LogP contribution is 2.35. The molecule has 0 bridgehead atoms. The highest BCUT2D eigenvalue weighted by Gasteiger charge is 2.26. The Morgan fingerprint density at radius 2 is 2.00 bits per heavy atom. The number of hydrogen-bond acceptors (Lipinski definition) is 6. The maximum atomic E-state index is 12.9. The van der Waals surface area contributed by atoms with Crippen LogP contribution in [0.2, 0.25) is 0 Å². The molecular weight excluding hydrogens is 322 g/mol. The predicted molar refractivity (Wildman–Crippen MR) is 94.1 cm³/mol. The van der Waals surface area contributed by atoms with Crippen molar-refractivity contribution in [2.24, 2.45) is 0 Å². The number of nitrogen functional groups attached to an aromatic ring is 1. The van der Waals surface area contributed by atoms with E-state index in [9.17, 15) is 4.79 Å². The summed E-state index contributed by atoms with van der Waals surface area (Å²) in [5.41, 5.74) is 6.86. The molecule has 2 aromatic rings. The Morgan fingerprint density at radius 1 is 1.33 bits per heavy atom. The SMILES string of the molecule is CCN(CC)C(=O)[C@H](Sc1ncc(C#N)c(N)n1)c1ccccc1. The molecule has 0 saturated carbocycles. The Kier molecular flexibility index (Phi) is 6.15. The molecule has 0 aliphatic heterocycles. The second kappa shape index (κ2) is 8.31. The van der Waals surface area contributed by atoms with Crippen LogP contribution >= 0.6 is 11.8 Å². The van der Waals surface area contributed by atoms with Crippen LogP contribution in [0.15, 0.2) is 41.7 Å². The van der Waals surface area contributed by atoms with Gasteiger partial charge < -0.3 is 10.6 Å². The molecule has 124 valence electrons. The van der Waals surface area contributed by atoms with Gasteiger partial charge in [0.2, 0.25) is 5.91 Å². The van der Waals surface area contributed by atoms with Gasteiger partial charge in [0, 0.05) is 13.1 Å². The number of aromatic nitrogens is 2. The van der Waals surface area contributed by atoms with Crippen molar-refractivity contribution in [3.63, 3.8) is 0 Å². The van der Waals surface area contributed by atoms with Gasteiger partial charge in [0.1, 0.15) is 22.7 Å². The van der Waals surface area contributed by atoms with E-state index < -0.39 is 5.25 Å². The fourth-order valence-corrected chi connectivity index (χ4v) is 3.23. The summed E-state index contributed by atoms with van der Waals surface area (Å²) in [6.07, 6.45) is 1.38. The summed E-state index contributed by atoms with van der Waals surface area (Å²) in [5, 5.41) is 8.83. The Balaban J connectivity index is 2.35. The van der Waals surface area contributed by atoms with Crippen molar-refractivity contribution in [1.82, 2.24) is 14.9 Å². The first-order valence-electron chi connectivity index (χ1n) is 7.63. The lowest BCUT2D eigenvalue weighted by molar-refractivity contribution is -0.130. The molecular formula is C17H19N5OS. The van der Waals surface area contributed by atoms with Crippen molar-refractivity contribution in [3.05, 3.63) is 47.7 Å². The van der Waals surface area contributed by atoms with Crippen molar-refractivity contribution in [2.45, 2.75) is 24.3 Å². The number of benzene rings is 1. The predicted octanol–water partition coefficient (Wildman–Crippen LogP) is 2.63. The Morgan fingerprint density at radius 3 is 2.54 bits per heavy atom. The van der Waals surface area contributed by atoms with Crippen LogP contribution in [0.4, 0.5) is 5.82 Å². The quantitative estimate of drug-likeness (QED) is 0.641. The zero-order chi connectivity index (χ0) is 17.5. The first-order chi connectivity index (χ1) is 11.6. The normalized spacial score (nSPS) is 11.5. The van der Waals surface area contributed by atoms with Crippen LogP contribution in [0, 0.1) is 11.3 Å². The number of thioether (sulfide) groups is 1. The highest BCUT2D eigenvalue weighted by molar-refractivity contribution is 8.00. The Hall–Kier alpha value is -2.59. The lowest BCUT2D eigenvalue weighted by atomic mass is 10.1. The molecule has 0 fully saturated rings. The lowest BCUT2D eigenvalue weighted by Crippen LogP contribution is -2.33. The van der Waals surface area contributed by atoms with Crippen LogP contribution < -0.4 is 5.73 Å². The number of nitriles is 1. The van der Waals surface area contributed by atoms with Crippen LogP contribution in [-0.2, 0) is 4.79 Å². The van der Waals surface area contributed by atoms with Crippen LogP contribution in [-0.4, -0.2) is 33.9 Å². The van der Waals surface area contributed by atoms with Crippen molar-refractivity contribution < 1.29 is 4.79 Å². The van der Waals surface area contributed by atoms with E-state index in [0.717, 1.165) is 5.56 Å². The molecule has 1 amide bonds. The maximum absolute atomic E-state index is 12.9. The number of hydrogen-bond donors (Lipinski definition) is 1. The number of nitrogens with zero attached hydrogens (tertiary/aromatic N) is 4. The molecule has 6 nitrogen and oxygen atoms in total. The topological polar surface area (TPSA) is 95.9 Å². The number of nitrogens with two attached hydrogens (primary N) is 1. The first-order valence-corrected chi connectivity index (χ1v) is 8.51. The molecule has 24 heavy (non-hydrogen) atoms. The number of rotatable bonds is 6. The third kappa shape index (κ3) is 4.03. The summed E-state index contributed by atoms with van der Waals surface area (Å²) in [7, 11) is 0. The second-order valence-electron chi connectivity index (χ2n) is 4.98. The first kappa shape index (κ1) is 17.8. The number of carbonyl (C=O) groups is 1. The molecule has 0 aliphatic rings. The maximum Gasteiger partial charge on any atom is 0.240 e. The summed E-state index contributed by atoms with van der Waals surface area (Å²) >= 11 is 1.24. The van der Waals surface area contributed by atoms with Crippen LogP contribution in [0.1, 0.15) is 30.2 Å². The molecule has 0 spiro atoms. The van der Waals surface area contributed by atoms with Gasteiger partial charge >= 0.3 is 0 Å². The van der Waals surface area contributed by atoms with Gasteiger partial charge in [-0.05, 0) is 19.4 Å². The van der Waals surface area contributed by atoms with Gasteiger partial charge in [-0.25, -0.2) is 9.97 Å². The molecule has 0 aliphatic carbocycles. The van der Waals surface area contributed by atoms with Crippen molar-refractivity contribution >= 4 is 23.5 Å². The summed E-state index contributed by atoms with van der Waals surface area (Å²) < 4.78 is 0.